The molecule has 0 atom stereocenters. The van der Waals surface area contributed by atoms with Crippen LogP contribution in [0, 0.1) is 13.8 Å². The Morgan fingerprint density at radius 2 is 1.77 bits per heavy atom. The lowest BCUT2D eigenvalue weighted by Crippen LogP contribution is -2.48. The van der Waals surface area contributed by atoms with Crippen molar-refractivity contribution < 1.29 is 0 Å². The van der Waals surface area contributed by atoms with E-state index >= 15 is 0 Å². The van der Waals surface area contributed by atoms with Crippen molar-refractivity contribution in [2.75, 3.05) is 57.3 Å². The number of hydrogen-bond donors (Lipinski definition) is 0. The summed E-state index contributed by atoms with van der Waals surface area (Å²) in [5.74, 6) is 0. The Balaban J connectivity index is 1.15. The molecule has 166 valence electrons. The van der Waals surface area contributed by atoms with Crippen LogP contribution in [0.15, 0.2) is 23.2 Å². The highest BCUT2D eigenvalue weighted by Gasteiger charge is 2.26. The van der Waals surface area contributed by atoms with E-state index in [1.165, 1.54) is 40.3 Å². The summed E-state index contributed by atoms with van der Waals surface area (Å²) in [6.45, 7) is 17.9. The molecule has 5 nitrogen and oxygen atoms in total. The Labute approximate surface area is 191 Å². The predicted octanol–water partition coefficient (Wildman–Crippen LogP) is 4.04. The van der Waals surface area contributed by atoms with E-state index in [9.17, 15) is 0 Å². The Bertz CT molecular complexity index is 957. The van der Waals surface area contributed by atoms with E-state index in [0.29, 0.717) is 0 Å². The number of nitrogens with zero attached hydrogens (tertiary/aromatic N) is 5. The molecule has 0 spiro atoms. The van der Waals surface area contributed by atoms with Crippen LogP contribution in [0.5, 0.6) is 0 Å². The number of fused-ring (bicyclic) bond motifs is 3. The number of piperazine rings is 1. The van der Waals surface area contributed by atoms with Crippen molar-refractivity contribution in [3.8, 4) is 0 Å². The van der Waals surface area contributed by atoms with Crippen molar-refractivity contribution in [2.45, 2.75) is 40.3 Å². The molecule has 3 aliphatic heterocycles. The number of likely N-dealkylation sites (N-methyl/N-ethyl adjacent to an activating group) is 1. The van der Waals surface area contributed by atoms with E-state index in [0.717, 1.165) is 58.9 Å². The van der Waals surface area contributed by atoms with Gasteiger partial charge in [-0.2, -0.15) is 0 Å². The molecule has 1 aromatic heterocycles. The van der Waals surface area contributed by atoms with E-state index in [2.05, 4.69) is 64.9 Å². The summed E-state index contributed by atoms with van der Waals surface area (Å²) in [5, 5.41) is 1.27. The first-order valence-corrected chi connectivity index (χ1v) is 12.6. The van der Waals surface area contributed by atoms with Crippen LogP contribution in [0.4, 0.5) is 10.7 Å². The smallest absolute Gasteiger partial charge is 0.123 e. The van der Waals surface area contributed by atoms with Crippen LogP contribution < -0.4 is 4.90 Å². The number of thiophene rings is 1. The minimum absolute atomic E-state index is 1.03. The maximum Gasteiger partial charge on any atom is 0.123 e. The van der Waals surface area contributed by atoms with Crippen LogP contribution in [-0.2, 0) is 19.5 Å². The first-order chi connectivity index (χ1) is 15.1. The molecule has 0 saturated carbocycles. The second kappa shape index (κ2) is 8.93. The average Bonchev–Trinajstić information content (AvgIpc) is 3.17. The van der Waals surface area contributed by atoms with Gasteiger partial charge in [-0.15, -0.1) is 11.3 Å². The molecule has 31 heavy (non-hydrogen) atoms. The Hall–Kier alpha value is -1.89. The van der Waals surface area contributed by atoms with Gasteiger partial charge < -0.3 is 9.80 Å². The van der Waals surface area contributed by atoms with E-state index in [1.54, 1.807) is 10.4 Å². The summed E-state index contributed by atoms with van der Waals surface area (Å²) in [6, 6.07) is 6.68. The molecule has 0 unspecified atom stereocenters. The molecule has 1 fully saturated rings. The van der Waals surface area contributed by atoms with Crippen LogP contribution in [0.2, 0.25) is 0 Å². The second-order valence-corrected chi connectivity index (χ2v) is 10.3. The number of aryl methyl sites for hydroxylation is 1. The summed E-state index contributed by atoms with van der Waals surface area (Å²) in [4.78, 5) is 16.6. The third kappa shape index (κ3) is 4.26. The van der Waals surface area contributed by atoms with Crippen LogP contribution >= 0.6 is 11.3 Å². The Kier molecular flexibility index (Phi) is 6.04. The zero-order chi connectivity index (χ0) is 21.4. The predicted molar refractivity (Wildman–Crippen MR) is 132 cm³/mol. The third-order valence-electron chi connectivity index (χ3n) is 7.35. The molecule has 5 rings (SSSR count). The molecular formula is C25H35N5S. The number of benzene rings is 1. The average molecular weight is 438 g/mol. The molecular weight excluding hydrogens is 402 g/mol. The number of rotatable bonds is 5. The van der Waals surface area contributed by atoms with Crippen molar-refractivity contribution in [3.05, 3.63) is 45.3 Å². The summed E-state index contributed by atoms with van der Waals surface area (Å²) in [5.41, 5.74) is 7.31. The number of hydrogen-bond acceptors (Lipinski definition) is 6. The standard InChI is InChI=1S/C25H35N5S/c1-4-27-9-8-24-21(16-27)22-17-29(18-26-25(22)31-24)11-10-28-12-14-30(15-13-28)23-7-5-6-19(2)20(23)3/h5-7,18H,4,8-17H2,1-3H3. The van der Waals surface area contributed by atoms with Crippen molar-refractivity contribution in [1.82, 2.24) is 14.7 Å². The molecule has 1 saturated heterocycles. The molecule has 6 heteroatoms. The summed E-state index contributed by atoms with van der Waals surface area (Å²) >= 11 is 1.93. The molecule has 0 N–H and O–H groups in total. The molecule has 0 radical (unpaired) electrons. The minimum atomic E-state index is 1.03. The first-order valence-electron chi connectivity index (χ1n) is 11.8. The normalized spacial score (nSPS) is 19.6. The lowest BCUT2D eigenvalue weighted by Gasteiger charge is -2.38. The van der Waals surface area contributed by atoms with Gasteiger partial charge in [0.1, 0.15) is 5.00 Å². The van der Waals surface area contributed by atoms with Crippen LogP contribution in [0.3, 0.4) is 0 Å². The Morgan fingerprint density at radius 1 is 0.935 bits per heavy atom. The summed E-state index contributed by atoms with van der Waals surface area (Å²) in [7, 11) is 0. The van der Waals surface area contributed by atoms with Gasteiger partial charge in [0.15, 0.2) is 0 Å². The van der Waals surface area contributed by atoms with Gasteiger partial charge in [-0.25, -0.2) is 4.99 Å². The fourth-order valence-corrected chi connectivity index (χ4v) is 6.25. The van der Waals surface area contributed by atoms with Gasteiger partial charge >= 0.3 is 0 Å². The SMILES string of the molecule is CCN1CCc2sc3c(c2C1)CN(CCN1CCN(c2cccc(C)c2C)CC1)C=N3. The topological polar surface area (TPSA) is 25.3 Å². The van der Waals surface area contributed by atoms with Gasteiger partial charge in [-0.1, -0.05) is 19.1 Å². The van der Waals surface area contributed by atoms with Gasteiger partial charge in [0.25, 0.3) is 0 Å². The van der Waals surface area contributed by atoms with Crippen molar-refractivity contribution in [2.24, 2.45) is 4.99 Å². The first kappa shape index (κ1) is 21.0. The van der Waals surface area contributed by atoms with E-state index in [4.69, 9.17) is 4.99 Å². The van der Waals surface area contributed by atoms with Crippen LogP contribution in [0.1, 0.15) is 34.1 Å². The Morgan fingerprint density at radius 3 is 2.58 bits per heavy atom. The molecule has 0 aliphatic carbocycles. The van der Waals surface area contributed by atoms with Crippen molar-refractivity contribution in [1.29, 1.82) is 0 Å². The number of aliphatic imine (C=N–C) groups is 1. The largest absolute Gasteiger partial charge is 0.369 e. The minimum Gasteiger partial charge on any atom is -0.369 e. The van der Waals surface area contributed by atoms with Crippen molar-refractivity contribution in [3.63, 3.8) is 0 Å². The van der Waals surface area contributed by atoms with E-state index < -0.39 is 0 Å². The molecule has 0 amide bonds. The highest BCUT2D eigenvalue weighted by Crippen LogP contribution is 2.40. The van der Waals surface area contributed by atoms with Gasteiger partial charge in [0, 0.05) is 75.0 Å². The quantitative estimate of drug-likeness (QED) is 0.705. The summed E-state index contributed by atoms with van der Waals surface area (Å²) in [6.07, 6.45) is 3.29. The molecule has 4 heterocycles. The highest BCUT2D eigenvalue weighted by atomic mass is 32.1. The third-order valence-corrected chi connectivity index (χ3v) is 8.60. The fourth-order valence-electron chi connectivity index (χ4n) is 5.10. The van der Waals surface area contributed by atoms with Gasteiger partial charge in [0.05, 0.1) is 6.34 Å². The molecule has 1 aromatic carbocycles. The molecule has 3 aliphatic rings. The lowest BCUT2D eigenvalue weighted by atomic mass is 10.0. The zero-order valence-corrected chi connectivity index (χ0v) is 20.0. The van der Waals surface area contributed by atoms with Gasteiger partial charge in [-0.3, -0.25) is 9.80 Å². The molecule has 2 aromatic rings. The maximum atomic E-state index is 4.84. The van der Waals surface area contributed by atoms with E-state index in [-0.39, 0.29) is 0 Å². The fraction of sp³-hybridized carbons (Fsp3) is 0.560. The van der Waals surface area contributed by atoms with Crippen molar-refractivity contribution >= 4 is 28.4 Å². The van der Waals surface area contributed by atoms with Gasteiger partial charge in [0.2, 0.25) is 0 Å². The maximum absolute atomic E-state index is 4.84. The molecule has 0 bridgehead atoms. The van der Waals surface area contributed by atoms with E-state index in [1.807, 2.05) is 11.3 Å². The summed E-state index contributed by atoms with van der Waals surface area (Å²) < 4.78 is 0. The van der Waals surface area contributed by atoms with Crippen LogP contribution in [0.25, 0.3) is 0 Å². The number of anilines is 1. The second-order valence-electron chi connectivity index (χ2n) is 9.17. The van der Waals surface area contributed by atoms with Crippen LogP contribution in [-0.4, -0.2) is 73.4 Å². The highest BCUT2D eigenvalue weighted by molar-refractivity contribution is 7.16. The monoisotopic (exact) mass is 437 g/mol. The van der Waals surface area contributed by atoms with Gasteiger partial charge in [-0.05, 0) is 49.6 Å². The lowest BCUT2D eigenvalue weighted by molar-refractivity contribution is 0.232. The zero-order valence-electron chi connectivity index (χ0n) is 19.2.